The van der Waals surface area contributed by atoms with Gasteiger partial charge in [-0.15, -0.1) is 0 Å². The Hall–Kier alpha value is -0.640. The lowest BCUT2D eigenvalue weighted by molar-refractivity contribution is 0.167. The van der Waals surface area contributed by atoms with Crippen LogP contribution in [-0.4, -0.2) is 17.8 Å². The average molecular weight is 232 g/mol. The topological polar surface area (TPSA) is 32.3 Å². The molecule has 4 heteroatoms. The second-order valence-electron chi connectivity index (χ2n) is 3.43. The zero-order valence-electron chi connectivity index (χ0n) is 8.63. The third-order valence-electron chi connectivity index (χ3n) is 2.18. The van der Waals surface area contributed by atoms with Crippen molar-refractivity contribution in [3.05, 3.63) is 34.6 Å². The van der Waals surface area contributed by atoms with Crippen LogP contribution in [0.5, 0.6) is 0 Å². The van der Waals surface area contributed by atoms with E-state index in [4.69, 9.17) is 11.6 Å². The van der Waals surface area contributed by atoms with Gasteiger partial charge in [-0.1, -0.05) is 24.6 Å². The molecule has 1 rings (SSSR count). The quantitative estimate of drug-likeness (QED) is 0.815. The summed E-state index contributed by atoms with van der Waals surface area (Å²) in [5, 5.41) is 12.8. The third-order valence-corrected chi connectivity index (χ3v) is 2.53. The van der Waals surface area contributed by atoms with Gasteiger partial charge in [0.2, 0.25) is 0 Å². The van der Waals surface area contributed by atoms with Crippen molar-refractivity contribution in [3.8, 4) is 0 Å². The Balaban J connectivity index is 2.44. The van der Waals surface area contributed by atoms with Crippen LogP contribution in [0.25, 0.3) is 0 Å². The molecule has 0 aromatic heterocycles. The maximum absolute atomic E-state index is 12.7. The normalized spacial score (nSPS) is 12.8. The van der Waals surface area contributed by atoms with Gasteiger partial charge >= 0.3 is 0 Å². The summed E-state index contributed by atoms with van der Waals surface area (Å²) in [5.74, 6) is -0.336. The van der Waals surface area contributed by atoms with Crippen molar-refractivity contribution in [2.75, 3.05) is 6.54 Å². The molecular formula is C11H15ClFNO. The van der Waals surface area contributed by atoms with Crippen LogP contribution in [0.2, 0.25) is 5.02 Å². The molecule has 0 radical (unpaired) electrons. The van der Waals surface area contributed by atoms with Crippen LogP contribution < -0.4 is 5.32 Å². The first-order valence-corrected chi connectivity index (χ1v) is 5.34. The van der Waals surface area contributed by atoms with Gasteiger partial charge < -0.3 is 10.4 Å². The zero-order valence-corrected chi connectivity index (χ0v) is 9.39. The van der Waals surface area contributed by atoms with Crippen molar-refractivity contribution in [3.63, 3.8) is 0 Å². The fourth-order valence-corrected chi connectivity index (χ4v) is 1.42. The van der Waals surface area contributed by atoms with Crippen LogP contribution >= 0.6 is 11.6 Å². The van der Waals surface area contributed by atoms with Crippen molar-refractivity contribution in [1.29, 1.82) is 0 Å². The first-order valence-electron chi connectivity index (χ1n) is 4.96. The smallest absolute Gasteiger partial charge is 0.124 e. The van der Waals surface area contributed by atoms with Crippen molar-refractivity contribution in [1.82, 2.24) is 5.32 Å². The van der Waals surface area contributed by atoms with Gasteiger partial charge in [0.15, 0.2) is 0 Å². The highest BCUT2D eigenvalue weighted by atomic mass is 35.5. The molecule has 1 atom stereocenters. The number of rotatable bonds is 5. The molecule has 1 unspecified atom stereocenters. The molecule has 0 amide bonds. The molecule has 15 heavy (non-hydrogen) atoms. The minimum absolute atomic E-state index is 0.336. The summed E-state index contributed by atoms with van der Waals surface area (Å²) in [5.41, 5.74) is 0.835. The first-order chi connectivity index (χ1) is 7.13. The van der Waals surface area contributed by atoms with Gasteiger partial charge in [-0.25, -0.2) is 4.39 Å². The fraction of sp³-hybridized carbons (Fsp3) is 0.455. The maximum Gasteiger partial charge on any atom is 0.124 e. The van der Waals surface area contributed by atoms with Crippen LogP contribution in [0.4, 0.5) is 4.39 Å². The Labute approximate surface area is 94.1 Å². The van der Waals surface area contributed by atoms with Gasteiger partial charge in [0, 0.05) is 18.1 Å². The summed E-state index contributed by atoms with van der Waals surface area (Å²) in [7, 11) is 0. The summed E-state index contributed by atoms with van der Waals surface area (Å²) in [4.78, 5) is 0. The number of aliphatic hydroxyl groups excluding tert-OH is 1. The Morgan fingerprint density at radius 1 is 1.53 bits per heavy atom. The van der Waals surface area contributed by atoms with E-state index >= 15 is 0 Å². The molecule has 0 aliphatic heterocycles. The van der Waals surface area contributed by atoms with Crippen LogP contribution in [0.15, 0.2) is 18.2 Å². The molecule has 0 saturated heterocycles. The van der Waals surface area contributed by atoms with Crippen LogP contribution in [0, 0.1) is 5.82 Å². The molecule has 84 valence electrons. The van der Waals surface area contributed by atoms with E-state index in [9.17, 15) is 9.50 Å². The summed E-state index contributed by atoms with van der Waals surface area (Å²) < 4.78 is 12.7. The minimum atomic E-state index is -0.343. The summed E-state index contributed by atoms with van der Waals surface area (Å²) in [6.45, 7) is 2.97. The van der Waals surface area contributed by atoms with Crippen molar-refractivity contribution in [2.24, 2.45) is 0 Å². The largest absolute Gasteiger partial charge is 0.392 e. The molecule has 0 saturated carbocycles. The van der Waals surface area contributed by atoms with E-state index in [0.29, 0.717) is 24.5 Å². The Morgan fingerprint density at radius 2 is 2.27 bits per heavy atom. The molecule has 0 aliphatic rings. The number of hydrogen-bond acceptors (Lipinski definition) is 2. The number of nitrogens with one attached hydrogen (secondary N) is 1. The number of halogens is 2. The number of benzene rings is 1. The molecule has 0 aliphatic carbocycles. The average Bonchev–Trinajstić information content (AvgIpc) is 2.21. The van der Waals surface area contributed by atoms with Gasteiger partial charge in [0.1, 0.15) is 5.82 Å². The van der Waals surface area contributed by atoms with Gasteiger partial charge in [-0.2, -0.15) is 0 Å². The molecule has 0 bridgehead atoms. The van der Waals surface area contributed by atoms with E-state index < -0.39 is 0 Å². The minimum Gasteiger partial charge on any atom is -0.392 e. The number of aliphatic hydroxyl groups is 1. The zero-order chi connectivity index (χ0) is 11.3. The van der Waals surface area contributed by atoms with E-state index in [-0.39, 0.29) is 11.9 Å². The SMILES string of the molecule is CCC(O)CNCc1ccc(F)cc1Cl. The Kier molecular flexibility index (Phi) is 5.02. The molecule has 2 N–H and O–H groups in total. The van der Waals surface area contributed by atoms with Gasteiger partial charge in [-0.3, -0.25) is 0 Å². The standard InChI is InChI=1S/C11H15ClFNO/c1-2-10(15)7-14-6-8-3-4-9(13)5-11(8)12/h3-5,10,14-15H,2,6-7H2,1H3. The van der Waals surface area contributed by atoms with Gasteiger partial charge in [0.25, 0.3) is 0 Å². The van der Waals surface area contributed by atoms with E-state index in [1.54, 1.807) is 6.07 Å². The summed E-state index contributed by atoms with van der Waals surface area (Å²) in [6, 6.07) is 4.30. The monoisotopic (exact) mass is 231 g/mol. The van der Waals surface area contributed by atoms with Gasteiger partial charge in [-0.05, 0) is 24.1 Å². The fourth-order valence-electron chi connectivity index (χ4n) is 1.18. The third kappa shape index (κ3) is 4.16. The molecule has 1 aromatic rings. The van der Waals surface area contributed by atoms with Crippen LogP contribution in [0.3, 0.4) is 0 Å². The molecule has 0 heterocycles. The van der Waals surface area contributed by atoms with E-state index in [0.717, 1.165) is 5.56 Å². The van der Waals surface area contributed by atoms with E-state index in [2.05, 4.69) is 5.32 Å². The molecule has 2 nitrogen and oxygen atoms in total. The molecule has 1 aromatic carbocycles. The Morgan fingerprint density at radius 3 is 2.87 bits per heavy atom. The highest BCUT2D eigenvalue weighted by Gasteiger charge is 2.03. The van der Waals surface area contributed by atoms with Gasteiger partial charge in [0.05, 0.1) is 6.10 Å². The van der Waals surface area contributed by atoms with Crippen LogP contribution in [0.1, 0.15) is 18.9 Å². The molecule has 0 fully saturated rings. The van der Waals surface area contributed by atoms with Crippen molar-refractivity contribution in [2.45, 2.75) is 26.0 Å². The van der Waals surface area contributed by atoms with Crippen molar-refractivity contribution < 1.29 is 9.50 Å². The lowest BCUT2D eigenvalue weighted by atomic mass is 10.2. The lowest BCUT2D eigenvalue weighted by Crippen LogP contribution is -2.25. The van der Waals surface area contributed by atoms with E-state index in [1.165, 1.54) is 12.1 Å². The van der Waals surface area contributed by atoms with Crippen LogP contribution in [-0.2, 0) is 6.54 Å². The lowest BCUT2D eigenvalue weighted by Gasteiger charge is -2.10. The second kappa shape index (κ2) is 6.05. The second-order valence-corrected chi connectivity index (χ2v) is 3.84. The predicted octanol–water partition coefficient (Wildman–Crippen LogP) is 2.34. The summed E-state index contributed by atoms with van der Waals surface area (Å²) >= 11 is 5.84. The first kappa shape index (κ1) is 12.4. The van der Waals surface area contributed by atoms with E-state index in [1.807, 2.05) is 6.92 Å². The number of hydrogen-bond donors (Lipinski definition) is 2. The maximum atomic E-state index is 12.7. The molecule has 0 spiro atoms. The van der Waals surface area contributed by atoms with Crippen molar-refractivity contribution >= 4 is 11.6 Å². The Bertz CT molecular complexity index is 319. The highest BCUT2D eigenvalue weighted by Crippen LogP contribution is 2.16. The predicted molar refractivity (Wildman–Crippen MR) is 59.4 cm³/mol. The molecular weight excluding hydrogens is 217 g/mol. The summed E-state index contributed by atoms with van der Waals surface area (Å²) in [6.07, 6.45) is 0.369. The highest BCUT2D eigenvalue weighted by molar-refractivity contribution is 6.31.